The molecule has 0 heterocycles. The van der Waals surface area contributed by atoms with E-state index < -0.39 is 5.60 Å². The zero-order valence-corrected chi connectivity index (χ0v) is 11.0. The molecule has 0 aliphatic heterocycles. The first-order chi connectivity index (χ1) is 7.61. The van der Waals surface area contributed by atoms with Crippen LogP contribution >= 0.6 is 11.8 Å². The molecular formula is C12H22O3S. The van der Waals surface area contributed by atoms with Crippen molar-refractivity contribution in [3.63, 3.8) is 0 Å². The van der Waals surface area contributed by atoms with Gasteiger partial charge in [-0.05, 0) is 38.4 Å². The van der Waals surface area contributed by atoms with E-state index in [2.05, 4.69) is 6.92 Å². The molecule has 1 fully saturated rings. The Kier molecular flexibility index (Phi) is 5.62. The summed E-state index contributed by atoms with van der Waals surface area (Å²) in [6, 6.07) is 0. The van der Waals surface area contributed by atoms with Gasteiger partial charge in [0.15, 0.2) is 0 Å². The second kappa shape index (κ2) is 6.50. The van der Waals surface area contributed by atoms with Gasteiger partial charge in [0.1, 0.15) is 0 Å². The van der Waals surface area contributed by atoms with Gasteiger partial charge < -0.3 is 9.84 Å². The molecule has 0 radical (unpaired) electrons. The summed E-state index contributed by atoms with van der Waals surface area (Å²) in [6.45, 7) is 4.37. The minimum atomic E-state index is -0.552. The summed E-state index contributed by atoms with van der Waals surface area (Å²) in [5.41, 5.74) is -0.552. The van der Waals surface area contributed by atoms with Crippen LogP contribution in [0, 0.1) is 5.92 Å². The van der Waals surface area contributed by atoms with Gasteiger partial charge in [-0.3, -0.25) is 4.79 Å². The number of rotatable bonds is 5. The second-order valence-corrected chi connectivity index (χ2v) is 5.66. The molecule has 3 nitrogen and oxygen atoms in total. The first-order valence-corrected chi connectivity index (χ1v) is 7.23. The van der Waals surface area contributed by atoms with Crippen LogP contribution in [0.1, 0.15) is 39.5 Å². The zero-order chi connectivity index (χ0) is 12.0. The fraction of sp³-hybridized carbons (Fsp3) is 0.917. The average molecular weight is 246 g/mol. The molecule has 0 bridgehead atoms. The van der Waals surface area contributed by atoms with Gasteiger partial charge in [0.05, 0.1) is 18.1 Å². The molecule has 1 saturated carbocycles. The Balaban J connectivity index is 2.35. The number of aliphatic hydroxyl groups is 1. The van der Waals surface area contributed by atoms with E-state index >= 15 is 0 Å². The maximum atomic E-state index is 11.5. The molecule has 1 N–H and O–H groups in total. The largest absolute Gasteiger partial charge is 0.466 e. The summed E-state index contributed by atoms with van der Waals surface area (Å²) >= 11 is 1.77. The van der Waals surface area contributed by atoms with Gasteiger partial charge in [0.2, 0.25) is 0 Å². The smallest absolute Gasteiger partial charge is 0.308 e. The van der Waals surface area contributed by atoms with Gasteiger partial charge in [-0.1, -0.05) is 6.92 Å². The molecule has 0 aromatic carbocycles. The molecule has 1 aliphatic rings. The van der Waals surface area contributed by atoms with Crippen molar-refractivity contribution in [3.05, 3.63) is 0 Å². The molecule has 1 rings (SSSR count). The van der Waals surface area contributed by atoms with E-state index in [-0.39, 0.29) is 11.9 Å². The van der Waals surface area contributed by atoms with Crippen molar-refractivity contribution in [3.8, 4) is 0 Å². The lowest BCUT2D eigenvalue weighted by atomic mass is 9.80. The van der Waals surface area contributed by atoms with Crippen molar-refractivity contribution in [2.75, 3.05) is 18.1 Å². The molecule has 0 aromatic heterocycles. The third-order valence-corrected chi connectivity index (χ3v) is 4.26. The van der Waals surface area contributed by atoms with Gasteiger partial charge in [0.25, 0.3) is 0 Å². The first-order valence-electron chi connectivity index (χ1n) is 6.08. The highest BCUT2D eigenvalue weighted by atomic mass is 32.2. The Morgan fingerprint density at radius 3 is 2.56 bits per heavy atom. The molecule has 0 saturated heterocycles. The van der Waals surface area contributed by atoms with Crippen LogP contribution in [-0.2, 0) is 9.53 Å². The lowest BCUT2D eigenvalue weighted by Gasteiger charge is -2.34. The molecule has 0 unspecified atom stereocenters. The van der Waals surface area contributed by atoms with Crippen molar-refractivity contribution < 1.29 is 14.6 Å². The van der Waals surface area contributed by atoms with E-state index in [0.29, 0.717) is 6.61 Å². The Morgan fingerprint density at radius 1 is 1.44 bits per heavy atom. The number of thioether (sulfide) groups is 1. The van der Waals surface area contributed by atoms with Crippen LogP contribution < -0.4 is 0 Å². The van der Waals surface area contributed by atoms with Crippen LogP contribution in [0.5, 0.6) is 0 Å². The highest BCUT2D eigenvalue weighted by Gasteiger charge is 2.35. The number of esters is 1. The van der Waals surface area contributed by atoms with E-state index in [4.69, 9.17) is 4.74 Å². The lowest BCUT2D eigenvalue weighted by molar-refractivity contribution is -0.150. The number of hydrogen-bond acceptors (Lipinski definition) is 4. The number of hydrogen-bond donors (Lipinski definition) is 1. The lowest BCUT2D eigenvalue weighted by Crippen LogP contribution is -2.38. The maximum absolute atomic E-state index is 11.5. The van der Waals surface area contributed by atoms with Crippen molar-refractivity contribution in [1.29, 1.82) is 0 Å². The molecule has 0 spiro atoms. The van der Waals surface area contributed by atoms with Crippen LogP contribution in [0.2, 0.25) is 0 Å². The van der Waals surface area contributed by atoms with Crippen LogP contribution in [0.4, 0.5) is 0 Å². The fourth-order valence-corrected chi connectivity index (χ4v) is 2.96. The standard InChI is InChI=1S/C12H22O3S/c1-3-15-11(13)10-5-7-12(14,8-6-10)9-16-4-2/h10,14H,3-9H2,1-2H3. The summed E-state index contributed by atoms with van der Waals surface area (Å²) in [5.74, 6) is 1.74. The van der Waals surface area contributed by atoms with Crippen LogP contribution in [0.15, 0.2) is 0 Å². The van der Waals surface area contributed by atoms with Crippen molar-refractivity contribution in [1.82, 2.24) is 0 Å². The Bertz CT molecular complexity index is 222. The van der Waals surface area contributed by atoms with E-state index in [1.807, 2.05) is 6.92 Å². The van der Waals surface area contributed by atoms with Crippen LogP contribution in [0.3, 0.4) is 0 Å². The highest BCUT2D eigenvalue weighted by Crippen LogP contribution is 2.34. The molecule has 0 aromatic rings. The summed E-state index contributed by atoms with van der Waals surface area (Å²) in [6.07, 6.45) is 2.98. The Labute approximate surface area is 102 Å². The van der Waals surface area contributed by atoms with E-state index in [9.17, 15) is 9.90 Å². The Hall–Kier alpha value is -0.220. The monoisotopic (exact) mass is 246 g/mol. The first kappa shape index (κ1) is 13.8. The zero-order valence-electron chi connectivity index (χ0n) is 10.2. The molecule has 4 heteroatoms. The minimum Gasteiger partial charge on any atom is -0.466 e. The molecular weight excluding hydrogens is 224 g/mol. The topological polar surface area (TPSA) is 46.5 Å². The quantitative estimate of drug-likeness (QED) is 0.756. The van der Waals surface area contributed by atoms with Crippen LogP contribution in [0.25, 0.3) is 0 Å². The SMILES string of the molecule is CCOC(=O)C1CCC(O)(CSCC)CC1. The van der Waals surface area contributed by atoms with Crippen molar-refractivity contribution in [2.24, 2.45) is 5.92 Å². The normalized spacial score (nSPS) is 30.1. The predicted octanol–water partition coefficient (Wildman–Crippen LogP) is 2.22. The third kappa shape index (κ3) is 3.98. The maximum Gasteiger partial charge on any atom is 0.308 e. The summed E-state index contributed by atoms with van der Waals surface area (Å²) < 4.78 is 5.00. The number of ether oxygens (including phenoxy) is 1. The number of carbonyl (C=O) groups excluding carboxylic acids is 1. The van der Waals surface area contributed by atoms with E-state index in [1.54, 1.807) is 11.8 Å². The third-order valence-electron chi connectivity index (χ3n) is 3.11. The summed E-state index contributed by atoms with van der Waals surface area (Å²) in [4.78, 5) is 11.5. The predicted molar refractivity (Wildman–Crippen MR) is 66.5 cm³/mol. The van der Waals surface area contributed by atoms with Crippen LogP contribution in [-0.4, -0.2) is 34.8 Å². The molecule has 16 heavy (non-hydrogen) atoms. The van der Waals surface area contributed by atoms with Gasteiger partial charge in [0, 0.05) is 5.75 Å². The second-order valence-electron chi connectivity index (χ2n) is 4.39. The summed E-state index contributed by atoms with van der Waals surface area (Å²) in [5, 5.41) is 10.3. The average Bonchev–Trinajstić information content (AvgIpc) is 2.28. The van der Waals surface area contributed by atoms with Crippen molar-refractivity contribution >= 4 is 17.7 Å². The molecule has 0 atom stereocenters. The van der Waals surface area contributed by atoms with Gasteiger partial charge in [-0.25, -0.2) is 0 Å². The Morgan fingerprint density at radius 2 is 2.06 bits per heavy atom. The van der Waals surface area contributed by atoms with Gasteiger partial charge in [-0.2, -0.15) is 11.8 Å². The molecule has 0 amide bonds. The molecule has 1 aliphatic carbocycles. The van der Waals surface area contributed by atoms with Gasteiger partial charge >= 0.3 is 5.97 Å². The fourth-order valence-electron chi connectivity index (χ4n) is 2.09. The minimum absolute atomic E-state index is 0.00634. The summed E-state index contributed by atoms with van der Waals surface area (Å²) in [7, 11) is 0. The van der Waals surface area contributed by atoms with Crippen molar-refractivity contribution in [2.45, 2.75) is 45.1 Å². The van der Waals surface area contributed by atoms with E-state index in [0.717, 1.165) is 37.2 Å². The molecule has 94 valence electrons. The highest BCUT2D eigenvalue weighted by molar-refractivity contribution is 7.99. The van der Waals surface area contributed by atoms with E-state index in [1.165, 1.54) is 0 Å². The number of carbonyl (C=O) groups is 1. The van der Waals surface area contributed by atoms with Gasteiger partial charge in [-0.15, -0.1) is 0 Å².